The molecule has 0 heterocycles. The van der Waals surface area contributed by atoms with Gasteiger partial charge in [-0.3, -0.25) is 0 Å². The summed E-state index contributed by atoms with van der Waals surface area (Å²) in [5.74, 6) is 1.70. The van der Waals surface area contributed by atoms with Gasteiger partial charge in [0, 0.05) is 11.1 Å². The standard InChI is InChI=1S/C17H24ClNO/c1-16(2)11-7-8-17(16,3)15(9-11)19-13-10-12(18)5-6-14(13)20-4/h5-6,10-11,15,19H,7-9H2,1-4H3. The van der Waals surface area contributed by atoms with Crippen molar-refractivity contribution in [2.45, 2.75) is 46.1 Å². The first-order valence-electron chi connectivity index (χ1n) is 7.48. The third kappa shape index (κ3) is 1.84. The first-order valence-corrected chi connectivity index (χ1v) is 7.86. The van der Waals surface area contributed by atoms with Crippen LogP contribution in [0.15, 0.2) is 18.2 Å². The smallest absolute Gasteiger partial charge is 0.142 e. The molecule has 2 fully saturated rings. The molecule has 0 aromatic heterocycles. The van der Waals surface area contributed by atoms with Gasteiger partial charge in [-0.25, -0.2) is 0 Å². The van der Waals surface area contributed by atoms with Gasteiger partial charge in [0.1, 0.15) is 5.75 Å². The Bertz CT molecular complexity index is 528. The number of halogens is 1. The normalized spacial score (nSPS) is 34.2. The average molecular weight is 294 g/mol. The van der Waals surface area contributed by atoms with E-state index in [0.29, 0.717) is 16.9 Å². The van der Waals surface area contributed by atoms with Gasteiger partial charge in [0.05, 0.1) is 12.8 Å². The molecule has 3 unspecified atom stereocenters. The van der Waals surface area contributed by atoms with Crippen LogP contribution in [0.3, 0.4) is 0 Å². The largest absolute Gasteiger partial charge is 0.495 e. The molecule has 2 bridgehead atoms. The van der Waals surface area contributed by atoms with Crippen LogP contribution in [0.1, 0.15) is 40.0 Å². The molecular weight excluding hydrogens is 270 g/mol. The van der Waals surface area contributed by atoms with Gasteiger partial charge >= 0.3 is 0 Å². The summed E-state index contributed by atoms with van der Waals surface area (Å²) in [6.45, 7) is 7.30. The fourth-order valence-electron chi connectivity index (χ4n) is 4.40. The Morgan fingerprint density at radius 2 is 2.05 bits per heavy atom. The van der Waals surface area contributed by atoms with Crippen LogP contribution in [0.2, 0.25) is 5.02 Å². The quantitative estimate of drug-likeness (QED) is 0.849. The third-order valence-corrected chi connectivity index (χ3v) is 6.52. The summed E-state index contributed by atoms with van der Waals surface area (Å²) in [4.78, 5) is 0. The predicted octanol–water partition coefficient (Wildman–Crippen LogP) is 4.98. The zero-order valence-corrected chi connectivity index (χ0v) is 13.6. The van der Waals surface area contributed by atoms with Crippen molar-refractivity contribution >= 4 is 17.3 Å². The Labute approximate surface area is 126 Å². The van der Waals surface area contributed by atoms with Crippen molar-refractivity contribution in [3.05, 3.63) is 23.2 Å². The lowest BCUT2D eigenvalue weighted by Gasteiger charge is -2.40. The van der Waals surface area contributed by atoms with Crippen molar-refractivity contribution in [2.24, 2.45) is 16.7 Å². The van der Waals surface area contributed by atoms with E-state index in [1.165, 1.54) is 19.3 Å². The van der Waals surface area contributed by atoms with Gasteiger partial charge in [0.15, 0.2) is 0 Å². The molecule has 20 heavy (non-hydrogen) atoms. The number of hydrogen-bond donors (Lipinski definition) is 1. The Kier molecular flexibility index (Phi) is 3.20. The highest BCUT2D eigenvalue weighted by molar-refractivity contribution is 6.30. The van der Waals surface area contributed by atoms with Gasteiger partial charge in [0.2, 0.25) is 0 Å². The number of fused-ring (bicyclic) bond motifs is 2. The molecule has 0 spiro atoms. The van der Waals surface area contributed by atoms with Crippen LogP contribution < -0.4 is 10.1 Å². The molecule has 0 saturated heterocycles. The second-order valence-electron chi connectivity index (χ2n) is 7.15. The third-order valence-electron chi connectivity index (χ3n) is 6.29. The minimum absolute atomic E-state index is 0.352. The molecule has 0 aliphatic heterocycles. The van der Waals surface area contributed by atoms with Crippen molar-refractivity contribution in [2.75, 3.05) is 12.4 Å². The van der Waals surface area contributed by atoms with E-state index in [0.717, 1.165) is 22.4 Å². The zero-order valence-electron chi connectivity index (χ0n) is 12.8. The summed E-state index contributed by atoms with van der Waals surface area (Å²) in [5.41, 5.74) is 1.79. The number of rotatable bonds is 3. The Hall–Kier alpha value is -0.890. The van der Waals surface area contributed by atoms with E-state index in [9.17, 15) is 0 Å². The molecule has 3 atom stereocenters. The predicted molar refractivity (Wildman–Crippen MR) is 84.6 cm³/mol. The molecule has 1 aromatic carbocycles. The average Bonchev–Trinajstić information content (AvgIpc) is 2.72. The van der Waals surface area contributed by atoms with Crippen molar-refractivity contribution in [1.29, 1.82) is 0 Å². The molecule has 2 nitrogen and oxygen atoms in total. The van der Waals surface area contributed by atoms with Crippen LogP contribution in [0.25, 0.3) is 0 Å². The number of ether oxygens (including phenoxy) is 1. The fourth-order valence-corrected chi connectivity index (χ4v) is 4.57. The number of methoxy groups -OCH3 is 1. The maximum atomic E-state index is 6.13. The maximum Gasteiger partial charge on any atom is 0.142 e. The summed E-state index contributed by atoms with van der Waals surface area (Å²) in [7, 11) is 1.71. The number of benzene rings is 1. The lowest BCUT2D eigenvalue weighted by molar-refractivity contribution is 0.142. The van der Waals surface area contributed by atoms with E-state index in [2.05, 4.69) is 26.1 Å². The van der Waals surface area contributed by atoms with Gasteiger partial charge < -0.3 is 10.1 Å². The molecule has 2 aliphatic rings. The number of hydrogen-bond acceptors (Lipinski definition) is 2. The molecular formula is C17H24ClNO. The van der Waals surface area contributed by atoms with E-state index in [4.69, 9.17) is 16.3 Å². The van der Waals surface area contributed by atoms with Crippen LogP contribution in [-0.4, -0.2) is 13.2 Å². The van der Waals surface area contributed by atoms with Crippen LogP contribution in [0.4, 0.5) is 5.69 Å². The molecule has 0 radical (unpaired) electrons. The van der Waals surface area contributed by atoms with Crippen LogP contribution in [-0.2, 0) is 0 Å². The van der Waals surface area contributed by atoms with E-state index >= 15 is 0 Å². The van der Waals surface area contributed by atoms with Gasteiger partial charge in [0.25, 0.3) is 0 Å². The van der Waals surface area contributed by atoms with Crippen molar-refractivity contribution in [1.82, 2.24) is 0 Å². The summed E-state index contributed by atoms with van der Waals surface area (Å²) in [6.07, 6.45) is 3.93. The van der Waals surface area contributed by atoms with Crippen LogP contribution in [0.5, 0.6) is 5.75 Å². The van der Waals surface area contributed by atoms with E-state index in [-0.39, 0.29) is 0 Å². The van der Waals surface area contributed by atoms with Crippen molar-refractivity contribution < 1.29 is 4.74 Å². The second-order valence-corrected chi connectivity index (χ2v) is 7.59. The van der Waals surface area contributed by atoms with Gasteiger partial charge in [-0.2, -0.15) is 0 Å². The highest BCUT2D eigenvalue weighted by atomic mass is 35.5. The molecule has 0 amide bonds. The molecule has 2 saturated carbocycles. The summed E-state index contributed by atoms with van der Waals surface area (Å²) in [5, 5.41) is 4.47. The minimum atomic E-state index is 0.352. The fraction of sp³-hybridized carbons (Fsp3) is 0.647. The lowest BCUT2D eigenvalue weighted by Crippen LogP contribution is -2.40. The zero-order chi connectivity index (χ0) is 14.5. The summed E-state index contributed by atoms with van der Waals surface area (Å²) >= 11 is 6.13. The van der Waals surface area contributed by atoms with Crippen LogP contribution in [0, 0.1) is 16.7 Å². The molecule has 1 aromatic rings. The van der Waals surface area contributed by atoms with E-state index in [1.54, 1.807) is 7.11 Å². The topological polar surface area (TPSA) is 21.3 Å². The highest BCUT2D eigenvalue weighted by Crippen LogP contribution is 2.66. The second kappa shape index (κ2) is 4.56. The Morgan fingerprint density at radius 3 is 2.60 bits per heavy atom. The maximum absolute atomic E-state index is 6.13. The van der Waals surface area contributed by atoms with E-state index < -0.39 is 0 Å². The molecule has 1 N–H and O–H groups in total. The van der Waals surface area contributed by atoms with Crippen molar-refractivity contribution in [3.63, 3.8) is 0 Å². The van der Waals surface area contributed by atoms with E-state index in [1.807, 2.05) is 18.2 Å². The minimum Gasteiger partial charge on any atom is -0.495 e. The molecule has 3 rings (SSSR count). The van der Waals surface area contributed by atoms with Gasteiger partial charge in [-0.05, 0) is 54.2 Å². The number of anilines is 1. The SMILES string of the molecule is COc1ccc(Cl)cc1NC1CC2CCC1(C)C2(C)C. The molecule has 2 aliphatic carbocycles. The van der Waals surface area contributed by atoms with Crippen LogP contribution >= 0.6 is 11.6 Å². The first-order chi connectivity index (χ1) is 9.38. The molecule has 3 heteroatoms. The first kappa shape index (κ1) is 14.1. The summed E-state index contributed by atoms with van der Waals surface area (Å²) < 4.78 is 5.45. The summed E-state index contributed by atoms with van der Waals surface area (Å²) in [6, 6.07) is 6.29. The van der Waals surface area contributed by atoms with Crippen molar-refractivity contribution in [3.8, 4) is 5.75 Å². The van der Waals surface area contributed by atoms with Gasteiger partial charge in [-0.1, -0.05) is 32.4 Å². The van der Waals surface area contributed by atoms with Gasteiger partial charge in [-0.15, -0.1) is 0 Å². The molecule has 110 valence electrons. The lowest BCUT2D eigenvalue weighted by atomic mass is 9.69. The highest BCUT2D eigenvalue weighted by Gasteiger charge is 2.61. The number of nitrogens with one attached hydrogen (secondary N) is 1. The monoisotopic (exact) mass is 293 g/mol. The Morgan fingerprint density at radius 1 is 1.30 bits per heavy atom. The Balaban J connectivity index is 1.88.